The van der Waals surface area contributed by atoms with E-state index in [1.165, 1.54) is 80.9 Å². The van der Waals surface area contributed by atoms with Gasteiger partial charge >= 0.3 is 0 Å². The van der Waals surface area contributed by atoms with Crippen molar-refractivity contribution < 1.29 is 0 Å². The molecule has 0 nitrogen and oxygen atoms in total. The van der Waals surface area contributed by atoms with Gasteiger partial charge in [0, 0.05) is 0 Å². The van der Waals surface area contributed by atoms with Crippen LogP contribution in [0.1, 0.15) is 76.7 Å². The molecule has 1 saturated carbocycles. The highest BCUT2D eigenvalue weighted by atomic mass is 14.3. The lowest BCUT2D eigenvalue weighted by Crippen LogP contribution is -2.21. The second-order valence-corrected chi connectivity index (χ2v) is 8.20. The Kier molecular flexibility index (Phi) is 9.53. The molecule has 0 heterocycles. The van der Waals surface area contributed by atoms with Crippen molar-refractivity contribution in [1.82, 2.24) is 0 Å². The molecule has 0 amide bonds. The topological polar surface area (TPSA) is 0 Å². The van der Waals surface area contributed by atoms with Crippen LogP contribution in [0.3, 0.4) is 0 Å². The summed E-state index contributed by atoms with van der Waals surface area (Å²) >= 11 is 0. The smallest absolute Gasteiger partial charge is 0.0143 e. The Balaban J connectivity index is 1.71. The first-order chi connectivity index (χ1) is 12.7. The number of benzene rings is 1. The maximum absolute atomic E-state index is 4.41. The third kappa shape index (κ3) is 7.77. The van der Waals surface area contributed by atoms with Gasteiger partial charge in [0.25, 0.3) is 0 Å². The molecule has 26 heavy (non-hydrogen) atoms. The molecule has 0 heteroatoms. The molecule has 2 rings (SSSR count). The van der Waals surface area contributed by atoms with Crippen molar-refractivity contribution in [2.45, 2.75) is 77.6 Å². The lowest BCUT2D eigenvalue weighted by molar-refractivity contribution is 0.280. The van der Waals surface area contributed by atoms with E-state index in [-0.39, 0.29) is 0 Å². The standard InChI is InChI=1S/C26H38/c1-22(2)14-7-4-5-10-21-26-23(3)15-13-20-25(26)19-12-11-18-24-16-8-6-9-17-24/h5-6,8-10,16-17,25-26H,1,3-4,7,11-15,18-21H2,2H3/b10-5-. The number of rotatable bonds is 11. The number of hydrogen-bond donors (Lipinski definition) is 0. The van der Waals surface area contributed by atoms with Crippen LogP contribution in [0.15, 0.2) is 66.8 Å². The van der Waals surface area contributed by atoms with E-state index in [1.54, 1.807) is 0 Å². The molecule has 2 unspecified atom stereocenters. The number of aryl methyl sites for hydroxylation is 1. The predicted molar refractivity (Wildman–Crippen MR) is 116 cm³/mol. The van der Waals surface area contributed by atoms with Gasteiger partial charge in [-0.05, 0) is 88.5 Å². The second-order valence-electron chi connectivity index (χ2n) is 8.20. The number of allylic oxidation sites excluding steroid dienone is 4. The Morgan fingerprint density at radius 3 is 2.69 bits per heavy atom. The molecule has 142 valence electrons. The van der Waals surface area contributed by atoms with Gasteiger partial charge in [0.15, 0.2) is 0 Å². The molecule has 0 aromatic heterocycles. The molecule has 1 aliphatic rings. The monoisotopic (exact) mass is 350 g/mol. The van der Waals surface area contributed by atoms with E-state index in [1.807, 2.05) is 0 Å². The lowest BCUT2D eigenvalue weighted by atomic mass is 9.72. The Labute approximate surface area is 162 Å². The van der Waals surface area contributed by atoms with E-state index in [2.05, 4.69) is 62.6 Å². The Hall–Kier alpha value is -1.56. The molecule has 0 N–H and O–H groups in total. The fourth-order valence-corrected chi connectivity index (χ4v) is 4.28. The van der Waals surface area contributed by atoms with Crippen molar-refractivity contribution >= 4 is 0 Å². The molecular weight excluding hydrogens is 312 g/mol. The molecule has 2 atom stereocenters. The summed E-state index contributed by atoms with van der Waals surface area (Å²) in [6, 6.07) is 10.9. The maximum atomic E-state index is 4.41. The van der Waals surface area contributed by atoms with Gasteiger partial charge < -0.3 is 0 Å². The van der Waals surface area contributed by atoms with Crippen LogP contribution in [0.2, 0.25) is 0 Å². The number of unbranched alkanes of at least 4 members (excludes halogenated alkanes) is 2. The molecular formula is C26H38. The third-order valence-corrected chi connectivity index (χ3v) is 5.83. The first-order valence-electron chi connectivity index (χ1n) is 10.7. The Bertz CT molecular complexity index is 563. The summed E-state index contributed by atoms with van der Waals surface area (Å²) < 4.78 is 0. The molecule has 0 radical (unpaired) electrons. The first kappa shape index (κ1) is 20.7. The van der Waals surface area contributed by atoms with E-state index in [9.17, 15) is 0 Å². The van der Waals surface area contributed by atoms with Gasteiger partial charge in [0.2, 0.25) is 0 Å². The van der Waals surface area contributed by atoms with Crippen LogP contribution in [0, 0.1) is 11.8 Å². The van der Waals surface area contributed by atoms with Crippen LogP contribution in [-0.2, 0) is 6.42 Å². The molecule has 0 spiro atoms. The highest BCUT2D eigenvalue weighted by Crippen LogP contribution is 2.38. The minimum Gasteiger partial charge on any atom is -0.100 e. The minimum atomic E-state index is 0.720. The second kappa shape index (κ2) is 11.9. The van der Waals surface area contributed by atoms with Gasteiger partial charge in [-0.1, -0.05) is 66.6 Å². The fraction of sp³-hybridized carbons (Fsp3) is 0.538. The number of hydrogen-bond acceptors (Lipinski definition) is 0. The maximum Gasteiger partial charge on any atom is -0.0143 e. The zero-order valence-corrected chi connectivity index (χ0v) is 16.9. The third-order valence-electron chi connectivity index (χ3n) is 5.83. The summed E-state index contributed by atoms with van der Waals surface area (Å²) in [7, 11) is 0. The quantitative estimate of drug-likeness (QED) is 0.279. The summed E-state index contributed by atoms with van der Waals surface area (Å²) in [6.07, 6.45) is 18.9. The SMILES string of the molecule is C=C(C)CCC/C=C\CC1C(=C)CCCC1CCCCc1ccccc1. The van der Waals surface area contributed by atoms with Crippen molar-refractivity contribution in [2.75, 3.05) is 0 Å². The predicted octanol–water partition coefficient (Wildman–Crippen LogP) is 8.06. The van der Waals surface area contributed by atoms with Gasteiger partial charge in [0.1, 0.15) is 0 Å². The normalized spacial score (nSPS) is 20.6. The summed E-state index contributed by atoms with van der Waals surface area (Å²) in [6.45, 7) is 10.5. The highest BCUT2D eigenvalue weighted by molar-refractivity contribution is 5.14. The van der Waals surface area contributed by atoms with Gasteiger partial charge in [-0.3, -0.25) is 0 Å². The fourth-order valence-electron chi connectivity index (χ4n) is 4.28. The van der Waals surface area contributed by atoms with Gasteiger partial charge in [-0.15, -0.1) is 6.58 Å². The average molecular weight is 351 g/mol. The van der Waals surface area contributed by atoms with Crippen molar-refractivity contribution in [3.8, 4) is 0 Å². The average Bonchev–Trinajstić information content (AvgIpc) is 2.64. The van der Waals surface area contributed by atoms with E-state index < -0.39 is 0 Å². The molecule has 1 aromatic rings. The van der Waals surface area contributed by atoms with Crippen LogP contribution in [0.5, 0.6) is 0 Å². The Morgan fingerprint density at radius 2 is 1.92 bits per heavy atom. The molecule has 1 aliphatic carbocycles. The van der Waals surface area contributed by atoms with E-state index in [0.29, 0.717) is 0 Å². The highest BCUT2D eigenvalue weighted by Gasteiger charge is 2.26. The minimum absolute atomic E-state index is 0.720. The lowest BCUT2D eigenvalue weighted by Gasteiger charge is -2.33. The Morgan fingerprint density at radius 1 is 1.12 bits per heavy atom. The van der Waals surface area contributed by atoms with Crippen molar-refractivity contribution in [3.63, 3.8) is 0 Å². The summed E-state index contributed by atoms with van der Waals surface area (Å²) in [4.78, 5) is 0. The summed E-state index contributed by atoms with van der Waals surface area (Å²) in [5.41, 5.74) is 4.29. The molecule has 1 aromatic carbocycles. The van der Waals surface area contributed by atoms with E-state index in [0.717, 1.165) is 18.3 Å². The molecule has 0 saturated heterocycles. The van der Waals surface area contributed by atoms with Crippen LogP contribution in [0.25, 0.3) is 0 Å². The van der Waals surface area contributed by atoms with Crippen molar-refractivity contribution in [2.24, 2.45) is 11.8 Å². The summed E-state index contributed by atoms with van der Waals surface area (Å²) in [5, 5.41) is 0. The molecule has 1 fully saturated rings. The van der Waals surface area contributed by atoms with Crippen LogP contribution < -0.4 is 0 Å². The van der Waals surface area contributed by atoms with Crippen molar-refractivity contribution in [1.29, 1.82) is 0 Å². The van der Waals surface area contributed by atoms with Crippen LogP contribution in [0.4, 0.5) is 0 Å². The van der Waals surface area contributed by atoms with Gasteiger partial charge in [0.05, 0.1) is 0 Å². The van der Waals surface area contributed by atoms with E-state index >= 15 is 0 Å². The zero-order valence-electron chi connectivity index (χ0n) is 16.9. The first-order valence-corrected chi connectivity index (χ1v) is 10.7. The van der Waals surface area contributed by atoms with Gasteiger partial charge in [-0.2, -0.15) is 0 Å². The largest absolute Gasteiger partial charge is 0.100 e. The van der Waals surface area contributed by atoms with Crippen LogP contribution in [-0.4, -0.2) is 0 Å². The zero-order chi connectivity index (χ0) is 18.6. The van der Waals surface area contributed by atoms with E-state index in [4.69, 9.17) is 0 Å². The van der Waals surface area contributed by atoms with Crippen LogP contribution >= 0.6 is 0 Å². The molecule has 0 bridgehead atoms. The molecule has 0 aliphatic heterocycles. The van der Waals surface area contributed by atoms with Gasteiger partial charge in [-0.25, -0.2) is 0 Å². The summed E-state index contributed by atoms with van der Waals surface area (Å²) in [5.74, 6) is 1.57. The van der Waals surface area contributed by atoms with Crippen molar-refractivity contribution in [3.05, 3.63) is 72.4 Å².